The second-order valence-electron chi connectivity index (χ2n) is 6.53. The van der Waals surface area contributed by atoms with Gasteiger partial charge < -0.3 is 21.1 Å². The van der Waals surface area contributed by atoms with Crippen LogP contribution in [0.5, 0.6) is 5.75 Å². The number of primary amides is 1. The van der Waals surface area contributed by atoms with E-state index in [0.29, 0.717) is 17.6 Å². The molecule has 0 aliphatic rings. The number of pyridine rings is 1. The van der Waals surface area contributed by atoms with Crippen LogP contribution < -0.4 is 21.1 Å². The maximum Gasteiger partial charge on any atom is 0.250 e. The van der Waals surface area contributed by atoms with Crippen LogP contribution in [0.25, 0.3) is 10.9 Å². The van der Waals surface area contributed by atoms with Crippen LogP contribution in [0.15, 0.2) is 42.6 Å². The Morgan fingerprint density at radius 3 is 2.75 bits per heavy atom. The van der Waals surface area contributed by atoms with E-state index in [1.165, 1.54) is 13.2 Å². The molecule has 0 aliphatic carbocycles. The number of benzene rings is 2. The second-order valence-corrected chi connectivity index (χ2v) is 6.53. The van der Waals surface area contributed by atoms with E-state index in [4.69, 9.17) is 10.5 Å². The van der Waals surface area contributed by atoms with Crippen molar-refractivity contribution in [3.63, 3.8) is 0 Å². The van der Waals surface area contributed by atoms with Crippen LogP contribution in [0.3, 0.4) is 0 Å². The normalized spacial score (nSPS) is 12.0. The van der Waals surface area contributed by atoms with E-state index in [0.717, 1.165) is 22.2 Å². The van der Waals surface area contributed by atoms with E-state index in [1.807, 2.05) is 26.1 Å². The van der Waals surface area contributed by atoms with Gasteiger partial charge in [0.25, 0.3) is 5.91 Å². The summed E-state index contributed by atoms with van der Waals surface area (Å²) in [5, 5.41) is 7.39. The van der Waals surface area contributed by atoms with Gasteiger partial charge in [0, 0.05) is 23.8 Å². The Bertz CT molecular complexity index is 1020. The Kier molecular flexibility index (Phi) is 5.75. The third-order valence-electron chi connectivity index (χ3n) is 4.66. The lowest BCUT2D eigenvalue weighted by atomic mass is 10.0. The molecule has 1 heterocycles. The number of likely N-dealkylation sites (N-methyl/N-ethyl adjacent to an activating group) is 1. The van der Waals surface area contributed by atoms with E-state index in [1.54, 1.807) is 24.4 Å². The first-order valence-corrected chi connectivity index (χ1v) is 8.89. The van der Waals surface area contributed by atoms with Gasteiger partial charge in [-0.2, -0.15) is 0 Å². The Hall–Kier alpha value is -3.19. The molecule has 1 atom stereocenters. The number of aryl methyl sites for hydroxylation is 1. The van der Waals surface area contributed by atoms with Gasteiger partial charge in [0.2, 0.25) is 0 Å². The van der Waals surface area contributed by atoms with Crippen LogP contribution in [-0.4, -0.2) is 31.6 Å². The molecule has 7 heteroatoms. The fraction of sp³-hybridized carbons (Fsp3) is 0.238. The van der Waals surface area contributed by atoms with E-state index >= 15 is 0 Å². The molecule has 0 fully saturated rings. The lowest BCUT2D eigenvalue weighted by Gasteiger charge is -2.23. The number of amides is 1. The summed E-state index contributed by atoms with van der Waals surface area (Å²) < 4.78 is 19.2. The molecule has 0 spiro atoms. The molecular weight excluding hydrogens is 359 g/mol. The van der Waals surface area contributed by atoms with Gasteiger partial charge in [-0.15, -0.1) is 0 Å². The lowest BCUT2D eigenvalue weighted by Crippen LogP contribution is -2.24. The minimum Gasteiger partial charge on any atom is -0.494 e. The quantitative estimate of drug-likeness (QED) is 0.584. The van der Waals surface area contributed by atoms with Crippen molar-refractivity contribution in [3.05, 3.63) is 65.1 Å². The zero-order chi connectivity index (χ0) is 20.3. The number of nitrogens with one attached hydrogen (secondary N) is 2. The molecule has 0 aliphatic heterocycles. The van der Waals surface area contributed by atoms with Crippen LogP contribution >= 0.6 is 0 Å². The van der Waals surface area contributed by atoms with Crippen molar-refractivity contribution in [1.82, 2.24) is 10.3 Å². The Morgan fingerprint density at radius 1 is 1.32 bits per heavy atom. The zero-order valence-electron chi connectivity index (χ0n) is 16.0. The average Bonchev–Trinajstić information content (AvgIpc) is 2.68. The van der Waals surface area contributed by atoms with Crippen molar-refractivity contribution in [1.29, 1.82) is 0 Å². The third-order valence-corrected chi connectivity index (χ3v) is 4.66. The SMILES string of the molecule is CNC[C@@H](Nc1c(C)cnc2c(C(N)=O)cccc12)c1ccc(OC)c(F)c1. The fourth-order valence-electron chi connectivity index (χ4n) is 3.24. The number of carbonyl (C=O) groups is 1. The highest BCUT2D eigenvalue weighted by Gasteiger charge is 2.18. The molecule has 3 aromatic rings. The highest BCUT2D eigenvalue weighted by molar-refractivity contribution is 6.07. The zero-order valence-corrected chi connectivity index (χ0v) is 16.0. The van der Waals surface area contributed by atoms with E-state index in [2.05, 4.69) is 15.6 Å². The molecule has 0 radical (unpaired) electrons. The first-order chi connectivity index (χ1) is 13.5. The molecule has 28 heavy (non-hydrogen) atoms. The van der Waals surface area contributed by atoms with E-state index in [-0.39, 0.29) is 11.8 Å². The molecule has 0 saturated carbocycles. The number of hydrogen-bond acceptors (Lipinski definition) is 5. The van der Waals surface area contributed by atoms with Crippen molar-refractivity contribution in [2.45, 2.75) is 13.0 Å². The Morgan fingerprint density at radius 2 is 2.11 bits per heavy atom. The number of halogens is 1. The van der Waals surface area contributed by atoms with Gasteiger partial charge in [-0.05, 0) is 43.3 Å². The molecule has 1 aromatic heterocycles. The molecule has 3 rings (SSSR count). The maximum atomic E-state index is 14.2. The molecule has 4 N–H and O–H groups in total. The highest BCUT2D eigenvalue weighted by atomic mass is 19.1. The number of hydrogen-bond donors (Lipinski definition) is 3. The Balaban J connectivity index is 2.07. The van der Waals surface area contributed by atoms with Crippen molar-refractivity contribution in [2.75, 3.05) is 26.0 Å². The molecule has 6 nitrogen and oxygen atoms in total. The monoisotopic (exact) mass is 382 g/mol. The van der Waals surface area contributed by atoms with Crippen molar-refractivity contribution < 1.29 is 13.9 Å². The number of carbonyl (C=O) groups excluding carboxylic acids is 1. The van der Waals surface area contributed by atoms with Gasteiger partial charge in [-0.3, -0.25) is 9.78 Å². The van der Waals surface area contributed by atoms with Gasteiger partial charge in [-0.25, -0.2) is 4.39 Å². The van der Waals surface area contributed by atoms with E-state index < -0.39 is 11.7 Å². The fourth-order valence-corrected chi connectivity index (χ4v) is 3.24. The number of rotatable bonds is 7. The number of para-hydroxylation sites is 1. The number of anilines is 1. The molecule has 2 aromatic carbocycles. The predicted molar refractivity (Wildman–Crippen MR) is 108 cm³/mol. The van der Waals surface area contributed by atoms with Crippen molar-refractivity contribution in [2.24, 2.45) is 5.73 Å². The third kappa shape index (κ3) is 3.75. The molecule has 0 bridgehead atoms. The summed E-state index contributed by atoms with van der Waals surface area (Å²) in [6.07, 6.45) is 1.70. The van der Waals surface area contributed by atoms with Crippen LogP contribution in [0.2, 0.25) is 0 Å². The summed E-state index contributed by atoms with van der Waals surface area (Å²) in [5.41, 5.74) is 8.88. The van der Waals surface area contributed by atoms with Gasteiger partial charge in [0.15, 0.2) is 11.6 Å². The number of fused-ring (bicyclic) bond motifs is 1. The summed E-state index contributed by atoms with van der Waals surface area (Å²) in [7, 11) is 3.27. The maximum absolute atomic E-state index is 14.2. The number of methoxy groups -OCH3 is 1. The number of ether oxygens (including phenoxy) is 1. The topological polar surface area (TPSA) is 89.3 Å². The van der Waals surface area contributed by atoms with Crippen LogP contribution in [0.4, 0.5) is 10.1 Å². The highest BCUT2D eigenvalue weighted by Crippen LogP contribution is 2.31. The van der Waals surface area contributed by atoms with E-state index in [9.17, 15) is 9.18 Å². The molecular formula is C21H23FN4O2. The Labute approximate surface area is 162 Å². The van der Waals surface area contributed by atoms with Crippen LogP contribution in [-0.2, 0) is 0 Å². The van der Waals surface area contributed by atoms with Gasteiger partial charge in [0.1, 0.15) is 0 Å². The number of nitrogens with zero attached hydrogens (tertiary/aromatic N) is 1. The van der Waals surface area contributed by atoms with Crippen LogP contribution in [0.1, 0.15) is 27.5 Å². The van der Waals surface area contributed by atoms with Crippen molar-refractivity contribution >= 4 is 22.5 Å². The predicted octanol–water partition coefficient (Wildman–Crippen LogP) is 3.16. The standard InChI is InChI=1S/C21H23FN4O2/c1-12-10-25-20-14(5-4-6-15(20)21(23)27)19(12)26-17(11-24-2)13-7-8-18(28-3)16(22)9-13/h4-10,17,24H,11H2,1-3H3,(H2,23,27)(H,25,26)/t17-/m1/s1. The second kappa shape index (κ2) is 8.22. The number of aromatic nitrogens is 1. The largest absolute Gasteiger partial charge is 0.494 e. The average molecular weight is 382 g/mol. The lowest BCUT2D eigenvalue weighted by molar-refractivity contribution is 0.100. The van der Waals surface area contributed by atoms with Crippen LogP contribution in [0, 0.1) is 12.7 Å². The summed E-state index contributed by atoms with van der Waals surface area (Å²) in [4.78, 5) is 16.1. The molecule has 0 unspecified atom stereocenters. The summed E-state index contributed by atoms with van der Waals surface area (Å²) in [6.45, 7) is 2.49. The molecule has 1 amide bonds. The minimum absolute atomic E-state index is 0.198. The smallest absolute Gasteiger partial charge is 0.250 e. The summed E-state index contributed by atoms with van der Waals surface area (Å²) in [5.74, 6) is -0.754. The molecule has 0 saturated heterocycles. The number of nitrogens with two attached hydrogens (primary N) is 1. The first-order valence-electron chi connectivity index (χ1n) is 8.89. The van der Waals surface area contributed by atoms with Crippen molar-refractivity contribution in [3.8, 4) is 5.75 Å². The first kappa shape index (κ1) is 19.6. The summed E-state index contributed by atoms with van der Waals surface area (Å²) in [6, 6.07) is 9.99. The summed E-state index contributed by atoms with van der Waals surface area (Å²) >= 11 is 0. The van der Waals surface area contributed by atoms with Gasteiger partial charge in [-0.1, -0.05) is 18.2 Å². The molecule has 146 valence electrons. The van der Waals surface area contributed by atoms with Gasteiger partial charge >= 0.3 is 0 Å². The minimum atomic E-state index is -0.531. The van der Waals surface area contributed by atoms with Gasteiger partial charge in [0.05, 0.1) is 24.2 Å².